The van der Waals surface area contributed by atoms with Gasteiger partial charge in [0.2, 0.25) is 0 Å². The molecule has 2 aromatic rings. The van der Waals surface area contributed by atoms with Crippen LogP contribution in [0.2, 0.25) is 0 Å². The lowest BCUT2D eigenvalue weighted by Gasteiger charge is -2.12. The molecule has 0 N–H and O–H groups in total. The Morgan fingerprint density at radius 2 is 2.09 bits per heavy atom. The number of tetrazole rings is 1. The van der Waals surface area contributed by atoms with Crippen LogP contribution in [0.25, 0.3) is 5.69 Å². The quantitative estimate of drug-likeness (QED) is 0.626. The van der Waals surface area contributed by atoms with E-state index in [1.807, 2.05) is 31.4 Å². The normalized spacial score (nSPS) is 12.2. The van der Waals surface area contributed by atoms with Crippen molar-refractivity contribution in [1.82, 2.24) is 19.8 Å². The fourth-order valence-corrected chi connectivity index (χ4v) is 3.92. The van der Waals surface area contributed by atoms with Crippen LogP contribution in [0.3, 0.4) is 0 Å². The van der Waals surface area contributed by atoms with Gasteiger partial charge in [0.05, 0.1) is 5.69 Å². The van der Waals surface area contributed by atoms with Crippen molar-refractivity contribution in [3.8, 4) is 5.69 Å². The maximum absolute atomic E-state index is 12.1. The zero-order valence-electron chi connectivity index (χ0n) is 14.0. The summed E-state index contributed by atoms with van der Waals surface area (Å²) in [5, 5.41) is 7.75. The Morgan fingerprint density at radius 3 is 2.65 bits per heavy atom. The highest BCUT2D eigenvalue weighted by molar-refractivity contribution is 8.38. The van der Waals surface area contributed by atoms with E-state index in [-0.39, 0.29) is 11.7 Å². The van der Waals surface area contributed by atoms with Crippen molar-refractivity contribution >= 4 is 27.9 Å². The SMILES string of the molecule is CSC(=NC(C)C)SCc1c(C)cccc1-n1nnn(C)c1=O. The molecule has 0 aliphatic heterocycles. The number of aliphatic imine (C=N–C) groups is 1. The molecule has 0 radical (unpaired) electrons. The van der Waals surface area contributed by atoms with E-state index in [1.54, 1.807) is 30.6 Å². The number of nitrogens with zero attached hydrogens (tertiary/aromatic N) is 5. The van der Waals surface area contributed by atoms with Crippen LogP contribution in [0.1, 0.15) is 25.0 Å². The van der Waals surface area contributed by atoms with Crippen LogP contribution < -0.4 is 5.69 Å². The van der Waals surface area contributed by atoms with Gasteiger partial charge < -0.3 is 0 Å². The average Bonchev–Trinajstić information content (AvgIpc) is 2.83. The second-order valence-electron chi connectivity index (χ2n) is 5.35. The van der Waals surface area contributed by atoms with E-state index in [9.17, 15) is 4.79 Å². The van der Waals surface area contributed by atoms with Crippen LogP contribution in [-0.2, 0) is 12.8 Å². The van der Waals surface area contributed by atoms with E-state index in [0.717, 1.165) is 26.9 Å². The van der Waals surface area contributed by atoms with Crippen LogP contribution in [0.4, 0.5) is 0 Å². The molecular weight excluding hydrogens is 330 g/mol. The Labute approximate surface area is 144 Å². The maximum atomic E-state index is 12.1. The summed E-state index contributed by atoms with van der Waals surface area (Å²) in [6.45, 7) is 6.17. The van der Waals surface area contributed by atoms with Crippen LogP contribution >= 0.6 is 23.5 Å². The molecule has 0 fully saturated rings. The van der Waals surface area contributed by atoms with E-state index >= 15 is 0 Å². The smallest absolute Gasteiger partial charge is 0.269 e. The number of aromatic nitrogens is 4. The molecule has 0 aliphatic carbocycles. The lowest BCUT2D eigenvalue weighted by molar-refractivity contribution is 0.692. The Morgan fingerprint density at radius 1 is 1.35 bits per heavy atom. The number of aryl methyl sites for hydroxylation is 2. The summed E-state index contributed by atoms with van der Waals surface area (Å²) >= 11 is 3.33. The van der Waals surface area contributed by atoms with Gasteiger partial charge in [-0.15, -0.1) is 11.8 Å². The second kappa shape index (κ2) is 7.83. The first-order valence-corrected chi connectivity index (χ1v) is 9.47. The van der Waals surface area contributed by atoms with Gasteiger partial charge in [-0.25, -0.2) is 4.79 Å². The first-order valence-electron chi connectivity index (χ1n) is 7.26. The third kappa shape index (κ3) is 4.26. The number of rotatable bonds is 4. The van der Waals surface area contributed by atoms with Crippen molar-refractivity contribution in [2.45, 2.75) is 32.6 Å². The molecule has 124 valence electrons. The largest absolute Gasteiger partial charge is 0.368 e. The molecule has 1 aromatic heterocycles. The van der Waals surface area contributed by atoms with Gasteiger partial charge in [-0.3, -0.25) is 4.99 Å². The third-order valence-electron chi connectivity index (χ3n) is 3.21. The minimum absolute atomic E-state index is 0.247. The summed E-state index contributed by atoms with van der Waals surface area (Å²) in [4.78, 5) is 16.7. The van der Waals surface area contributed by atoms with Gasteiger partial charge in [0, 0.05) is 18.8 Å². The molecule has 0 saturated heterocycles. The predicted molar refractivity (Wildman–Crippen MR) is 98.7 cm³/mol. The van der Waals surface area contributed by atoms with Crippen molar-refractivity contribution < 1.29 is 0 Å². The summed E-state index contributed by atoms with van der Waals surface area (Å²) in [6.07, 6.45) is 2.03. The maximum Gasteiger partial charge on any atom is 0.368 e. The van der Waals surface area contributed by atoms with Gasteiger partial charge in [-0.05, 0) is 54.6 Å². The number of hydrogen-bond acceptors (Lipinski definition) is 6. The molecule has 0 atom stereocenters. The Kier molecular flexibility index (Phi) is 6.06. The van der Waals surface area contributed by atoms with Crippen molar-refractivity contribution in [2.24, 2.45) is 12.0 Å². The van der Waals surface area contributed by atoms with E-state index in [4.69, 9.17) is 0 Å². The first kappa shape index (κ1) is 17.8. The van der Waals surface area contributed by atoms with Crippen LogP contribution in [0, 0.1) is 6.92 Å². The van der Waals surface area contributed by atoms with Gasteiger partial charge in [-0.2, -0.15) is 9.36 Å². The van der Waals surface area contributed by atoms with Crippen molar-refractivity contribution in [3.63, 3.8) is 0 Å². The standard InChI is InChI=1S/C15H21N5OS2/c1-10(2)16-14(22-5)23-9-12-11(3)7-6-8-13(12)20-15(21)19(4)17-18-20/h6-8,10H,9H2,1-5H3. The summed E-state index contributed by atoms with van der Waals surface area (Å²) in [5.74, 6) is 0.734. The average molecular weight is 352 g/mol. The van der Waals surface area contributed by atoms with Crippen molar-refractivity contribution in [2.75, 3.05) is 6.26 Å². The van der Waals surface area contributed by atoms with E-state index in [1.165, 1.54) is 9.36 Å². The van der Waals surface area contributed by atoms with Crippen LogP contribution in [0.5, 0.6) is 0 Å². The molecule has 1 heterocycles. The molecule has 0 saturated carbocycles. The predicted octanol–water partition coefficient (Wildman–Crippen LogP) is 2.64. The number of hydrogen-bond donors (Lipinski definition) is 0. The number of benzene rings is 1. The Bertz CT molecular complexity index is 763. The molecule has 2 rings (SSSR count). The summed E-state index contributed by atoms with van der Waals surface area (Å²) < 4.78 is 3.62. The lowest BCUT2D eigenvalue weighted by Crippen LogP contribution is -2.23. The highest BCUT2D eigenvalue weighted by Crippen LogP contribution is 2.26. The zero-order valence-corrected chi connectivity index (χ0v) is 15.6. The monoisotopic (exact) mass is 351 g/mol. The van der Waals surface area contributed by atoms with E-state index in [0.29, 0.717) is 0 Å². The molecule has 0 amide bonds. The minimum Gasteiger partial charge on any atom is -0.269 e. The highest BCUT2D eigenvalue weighted by atomic mass is 32.2. The fraction of sp³-hybridized carbons (Fsp3) is 0.467. The molecule has 0 bridgehead atoms. The summed E-state index contributed by atoms with van der Waals surface area (Å²) in [7, 11) is 1.59. The molecule has 0 unspecified atom stereocenters. The summed E-state index contributed by atoms with van der Waals surface area (Å²) in [6, 6.07) is 6.14. The van der Waals surface area contributed by atoms with E-state index < -0.39 is 0 Å². The fourth-order valence-electron chi connectivity index (χ4n) is 2.03. The molecule has 6 nitrogen and oxygen atoms in total. The third-order valence-corrected chi connectivity index (χ3v) is 5.31. The molecule has 8 heteroatoms. The first-order chi connectivity index (χ1) is 10.9. The minimum atomic E-state index is -0.247. The van der Waals surface area contributed by atoms with Crippen LogP contribution in [0.15, 0.2) is 28.0 Å². The van der Waals surface area contributed by atoms with Crippen LogP contribution in [-0.4, -0.2) is 36.5 Å². The highest BCUT2D eigenvalue weighted by Gasteiger charge is 2.14. The summed E-state index contributed by atoms with van der Waals surface area (Å²) in [5.41, 5.74) is 2.73. The van der Waals surface area contributed by atoms with Crippen molar-refractivity contribution in [3.05, 3.63) is 39.8 Å². The van der Waals surface area contributed by atoms with Gasteiger partial charge in [-0.1, -0.05) is 23.9 Å². The van der Waals surface area contributed by atoms with Gasteiger partial charge in [0.1, 0.15) is 4.38 Å². The zero-order chi connectivity index (χ0) is 17.0. The molecular formula is C15H21N5OS2. The van der Waals surface area contributed by atoms with E-state index in [2.05, 4.69) is 29.3 Å². The second-order valence-corrected chi connectivity index (χ2v) is 7.37. The topological polar surface area (TPSA) is 65.1 Å². The molecule has 0 aliphatic rings. The Hall–Kier alpha value is -1.54. The Balaban J connectivity index is 2.36. The lowest BCUT2D eigenvalue weighted by atomic mass is 10.1. The van der Waals surface area contributed by atoms with Crippen molar-refractivity contribution in [1.29, 1.82) is 0 Å². The van der Waals surface area contributed by atoms with Gasteiger partial charge >= 0.3 is 5.69 Å². The molecule has 23 heavy (non-hydrogen) atoms. The van der Waals surface area contributed by atoms with Gasteiger partial charge in [0.25, 0.3) is 0 Å². The molecule has 1 aromatic carbocycles. The molecule has 0 spiro atoms. The van der Waals surface area contributed by atoms with Gasteiger partial charge in [0.15, 0.2) is 0 Å². The number of thioether (sulfide) groups is 2.